The Balaban J connectivity index is 0. The minimum Gasteiger partial charge on any atom is -0.870 e. The summed E-state index contributed by atoms with van der Waals surface area (Å²) in [4.78, 5) is 0. The third-order valence-corrected chi connectivity index (χ3v) is 2.33. The van der Waals surface area contributed by atoms with Gasteiger partial charge in [0.15, 0.2) is 0 Å². The first-order valence-electron chi connectivity index (χ1n) is 4.06. The maximum atomic E-state index is 5.61. The van der Waals surface area contributed by atoms with Crippen molar-refractivity contribution in [2.75, 3.05) is 38.9 Å². The molecule has 0 atom stereocenters. The number of nitrogens with zero attached hydrogens (tertiary/aromatic N) is 1. The van der Waals surface area contributed by atoms with Gasteiger partial charge in [-0.3, -0.25) is 0 Å². The van der Waals surface area contributed by atoms with Crippen LogP contribution >= 0.6 is 23.2 Å². The van der Waals surface area contributed by atoms with Gasteiger partial charge in [-0.1, -0.05) is 0 Å². The normalized spacial score (nSPS) is 11.0. The maximum Gasteiger partial charge on any atom is 0.0794 e. The molecule has 0 fully saturated rings. The van der Waals surface area contributed by atoms with Crippen molar-refractivity contribution in [3.8, 4) is 0 Å². The van der Waals surface area contributed by atoms with Gasteiger partial charge in [-0.2, -0.15) is 0 Å². The summed E-state index contributed by atoms with van der Waals surface area (Å²) in [7, 11) is 4.44. The highest BCUT2D eigenvalue weighted by Gasteiger charge is 2.12. The summed E-state index contributed by atoms with van der Waals surface area (Å²) in [5.74, 6) is 1.53. The van der Waals surface area contributed by atoms with Crippen LogP contribution in [0.5, 0.6) is 0 Å². The summed E-state index contributed by atoms with van der Waals surface area (Å²) >= 11 is 11.2. The molecule has 0 bridgehead atoms. The lowest BCUT2D eigenvalue weighted by Gasteiger charge is -2.29. The number of rotatable bonds is 6. The van der Waals surface area contributed by atoms with Gasteiger partial charge in [-0.15, -0.1) is 23.2 Å². The zero-order valence-corrected chi connectivity index (χ0v) is 9.40. The average Bonchev–Trinajstić information content (AvgIpc) is 1.97. The van der Waals surface area contributed by atoms with Crippen molar-refractivity contribution in [3.63, 3.8) is 0 Å². The molecule has 0 aromatic heterocycles. The van der Waals surface area contributed by atoms with E-state index in [1.54, 1.807) is 0 Å². The molecule has 2 nitrogen and oxygen atoms in total. The quantitative estimate of drug-likeness (QED) is 0.494. The van der Waals surface area contributed by atoms with E-state index in [-0.39, 0.29) is 5.48 Å². The average molecular weight is 216 g/mol. The molecule has 0 aliphatic heterocycles. The lowest BCUT2D eigenvalue weighted by molar-refractivity contribution is -0.890. The molecule has 0 aromatic rings. The second kappa shape index (κ2) is 8.11. The molecule has 0 aliphatic carbocycles. The Morgan fingerprint density at radius 3 is 1.50 bits per heavy atom. The third-order valence-electron chi connectivity index (χ3n) is 1.79. The molecule has 0 saturated heterocycles. The van der Waals surface area contributed by atoms with Crippen LogP contribution in [0, 0.1) is 0 Å². The Labute approximate surface area is 85.4 Å². The fraction of sp³-hybridized carbons (Fsp3) is 1.00. The number of alkyl halides is 2. The lowest BCUT2D eigenvalue weighted by atomic mass is 10.3. The molecule has 1 N–H and O–H groups in total. The van der Waals surface area contributed by atoms with Crippen LogP contribution < -0.4 is 0 Å². The van der Waals surface area contributed by atoms with E-state index in [4.69, 9.17) is 23.2 Å². The zero-order valence-electron chi connectivity index (χ0n) is 7.89. The van der Waals surface area contributed by atoms with E-state index in [1.165, 1.54) is 0 Å². The maximum absolute atomic E-state index is 5.61. The van der Waals surface area contributed by atoms with Crippen LogP contribution in [0.1, 0.15) is 12.8 Å². The first kappa shape index (κ1) is 15.0. The van der Waals surface area contributed by atoms with E-state index in [2.05, 4.69) is 14.1 Å². The molecular weight excluding hydrogens is 197 g/mol. The molecule has 0 aromatic carbocycles. The van der Waals surface area contributed by atoms with Crippen LogP contribution in [-0.4, -0.2) is 48.9 Å². The molecule has 0 saturated carbocycles. The Morgan fingerprint density at radius 1 is 0.917 bits per heavy atom. The topological polar surface area (TPSA) is 30.0 Å². The summed E-state index contributed by atoms with van der Waals surface area (Å²) < 4.78 is 1.04. The van der Waals surface area contributed by atoms with Gasteiger partial charge in [0.05, 0.1) is 27.2 Å². The molecule has 0 heterocycles. The van der Waals surface area contributed by atoms with Crippen LogP contribution in [0.3, 0.4) is 0 Å². The first-order chi connectivity index (χ1) is 5.12. The fourth-order valence-corrected chi connectivity index (χ4v) is 1.33. The molecule has 0 unspecified atom stereocenters. The molecule has 0 amide bonds. The van der Waals surface area contributed by atoms with Crippen molar-refractivity contribution in [1.82, 2.24) is 0 Å². The second-order valence-corrected chi connectivity index (χ2v) is 4.22. The SMILES string of the molecule is C[N+](C)(CCCCl)CCCCl.[OH-]. The Morgan fingerprint density at radius 2 is 1.25 bits per heavy atom. The van der Waals surface area contributed by atoms with Gasteiger partial charge in [0, 0.05) is 24.6 Å². The summed E-state index contributed by atoms with van der Waals surface area (Å²) in [6, 6.07) is 0. The van der Waals surface area contributed by atoms with E-state index in [0.29, 0.717) is 0 Å². The van der Waals surface area contributed by atoms with Crippen molar-refractivity contribution >= 4 is 23.2 Å². The smallest absolute Gasteiger partial charge is 0.0794 e. The van der Waals surface area contributed by atoms with Gasteiger partial charge < -0.3 is 9.96 Å². The van der Waals surface area contributed by atoms with Crippen molar-refractivity contribution in [3.05, 3.63) is 0 Å². The molecule has 0 spiro atoms. The minimum absolute atomic E-state index is 0. The predicted molar refractivity (Wildman–Crippen MR) is 54.5 cm³/mol. The Bertz CT molecular complexity index is 89.1. The largest absolute Gasteiger partial charge is 0.870 e. The van der Waals surface area contributed by atoms with Gasteiger partial charge in [0.2, 0.25) is 0 Å². The number of quaternary nitrogens is 1. The van der Waals surface area contributed by atoms with Crippen LogP contribution in [0.25, 0.3) is 0 Å². The highest BCUT2D eigenvalue weighted by Crippen LogP contribution is 2.02. The van der Waals surface area contributed by atoms with Crippen molar-refractivity contribution in [2.24, 2.45) is 0 Å². The highest BCUT2D eigenvalue weighted by atomic mass is 35.5. The highest BCUT2D eigenvalue weighted by molar-refractivity contribution is 6.18. The first-order valence-corrected chi connectivity index (χ1v) is 5.13. The fourth-order valence-electron chi connectivity index (χ4n) is 1.09. The van der Waals surface area contributed by atoms with E-state index >= 15 is 0 Å². The number of hydrogen-bond acceptors (Lipinski definition) is 1. The summed E-state index contributed by atoms with van der Waals surface area (Å²) in [6.07, 6.45) is 2.19. The monoisotopic (exact) mass is 215 g/mol. The predicted octanol–water partition coefficient (Wildman–Crippen LogP) is 2.14. The van der Waals surface area contributed by atoms with Gasteiger partial charge in [-0.05, 0) is 0 Å². The molecule has 76 valence electrons. The summed E-state index contributed by atoms with van der Waals surface area (Å²) in [5, 5.41) is 0. The van der Waals surface area contributed by atoms with Crippen LogP contribution in [0.15, 0.2) is 0 Å². The standard InChI is InChI=1S/C8H18Cl2N.H2O/c1-11(2,7-3-5-9)8-4-6-10;/h3-8H2,1-2H3;1H2/q+1;/p-1. The van der Waals surface area contributed by atoms with Crippen molar-refractivity contribution in [2.45, 2.75) is 12.8 Å². The van der Waals surface area contributed by atoms with Crippen LogP contribution in [-0.2, 0) is 0 Å². The van der Waals surface area contributed by atoms with Gasteiger partial charge in [0.25, 0.3) is 0 Å². The number of halogens is 2. The zero-order chi connectivity index (χ0) is 8.74. The minimum atomic E-state index is 0. The Hall–Kier alpha value is 0.500. The molecule has 12 heavy (non-hydrogen) atoms. The molecule has 4 heteroatoms. The third kappa shape index (κ3) is 8.60. The van der Waals surface area contributed by atoms with E-state index in [0.717, 1.165) is 42.2 Å². The van der Waals surface area contributed by atoms with E-state index in [9.17, 15) is 0 Å². The van der Waals surface area contributed by atoms with Crippen molar-refractivity contribution < 1.29 is 9.96 Å². The van der Waals surface area contributed by atoms with Gasteiger partial charge in [0.1, 0.15) is 0 Å². The van der Waals surface area contributed by atoms with Gasteiger partial charge in [-0.25, -0.2) is 0 Å². The van der Waals surface area contributed by atoms with Crippen LogP contribution in [0.4, 0.5) is 0 Å². The molecule has 0 rings (SSSR count). The summed E-state index contributed by atoms with van der Waals surface area (Å²) in [5.41, 5.74) is 0. The van der Waals surface area contributed by atoms with E-state index in [1.807, 2.05) is 0 Å². The Kier molecular flexibility index (Phi) is 10.1. The van der Waals surface area contributed by atoms with Crippen LogP contribution in [0.2, 0.25) is 0 Å². The van der Waals surface area contributed by atoms with E-state index < -0.39 is 0 Å². The molecule has 0 radical (unpaired) electrons. The second-order valence-electron chi connectivity index (χ2n) is 3.47. The van der Waals surface area contributed by atoms with Gasteiger partial charge >= 0.3 is 0 Å². The lowest BCUT2D eigenvalue weighted by Crippen LogP contribution is -2.41. The molecule has 0 aliphatic rings. The van der Waals surface area contributed by atoms with Crippen molar-refractivity contribution in [1.29, 1.82) is 0 Å². The summed E-state index contributed by atoms with van der Waals surface area (Å²) in [6.45, 7) is 2.31. The molecular formula is C8H19Cl2NO. The number of hydrogen-bond donors (Lipinski definition) is 0.